The summed E-state index contributed by atoms with van der Waals surface area (Å²) in [5, 5.41) is 0. The van der Waals surface area contributed by atoms with Crippen LogP contribution in [0.1, 0.15) is 6.42 Å². The number of aldehydes is 1. The molecule has 4 heteroatoms. The number of ether oxygens (including phenoxy) is 1. The third kappa shape index (κ3) is 5.74. The van der Waals surface area contributed by atoms with Gasteiger partial charge in [-0.1, -0.05) is 0 Å². The first-order chi connectivity index (χ1) is 4.31. The molecule has 0 rings (SSSR count). The van der Waals surface area contributed by atoms with E-state index in [9.17, 15) is 9.36 Å². The van der Waals surface area contributed by atoms with E-state index in [4.69, 9.17) is 0 Å². The van der Waals surface area contributed by atoms with Gasteiger partial charge in [0.1, 0.15) is 14.1 Å². The van der Waals surface area contributed by atoms with Crippen LogP contribution in [0.3, 0.4) is 0 Å². The second-order valence-electron chi connectivity index (χ2n) is 1.68. The number of rotatable bonds is 5. The summed E-state index contributed by atoms with van der Waals surface area (Å²) in [6, 6.07) is 0. The summed E-state index contributed by atoms with van der Waals surface area (Å²) < 4.78 is 15.3. The molecule has 1 unspecified atom stereocenters. The van der Waals surface area contributed by atoms with Crippen LogP contribution in [0.5, 0.6) is 0 Å². The van der Waals surface area contributed by atoms with Crippen LogP contribution in [0.4, 0.5) is 0 Å². The quantitative estimate of drug-likeness (QED) is 0.428. The Morgan fingerprint density at radius 3 is 2.78 bits per heavy atom. The highest BCUT2D eigenvalue weighted by Crippen LogP contribution is 2.19. The zero-order valence-corrected chi connectivity index (χ0v) is 6.42. The third-order valence-electron chi connectivity index (χ3n) is 0.846. The van der Waals surface area contributed by atoms with Gasteiger partial charge in [-0.15, -0.1) is 0 Å². The molecule has 0 saturated carbocycles. The summed E-state index contributed by atoms with van der Waals surface area (Å²) in [4.78, 5) is 9.75. The maximum atomic E-state index is 10.7. The van der Waals surface area contributed by atoms with Crippen LogP contribution in [0.25, 0.3) is 0 Å². The van der Waals surface area contributed by atoms with Crippen molar-refractivity contribution >= 4 is 14.1 Å². The van der Waals surface area contributed by atoms with Crippen molar-refractivity contribution in [3.05, 3.63) is 0 Å². The van der Waals surface area contributed by atoms with Crippen molar-refractivity contribution in [2.24, 2.45) is 0 Å². The minimum Gasteiger partial charge on any atom is -0.377 e. The van der Waals surface area contributed by atoms with E-state index in [2.05, 4.69) is 4.74 Å². The molecule has 9 heavy (non-hydrogen) atoms. The van der Waals surface area contributed by atoms with Crippen LogP contribution in [0, 0.1) is 0 Å². The van der Waals surface area contributed by atoms with Gasteiger partial charge in [-0.25, -0.2) is 0 Å². The Bertz CT molecular complexity index is 102. The largest absolute Gasteiger partial charge is 0.377 e. The average Bonchev–Trinajstić information content (AvgIpc) is 1.85. The van der Waals surface area contributed by atoms with Crippen molar-refractivity contribution in [3.63, 3.8) is 0 Å². The lowest BCUT2D eigenvalue weighted by molar-refractivity contribution is -0.107. The second kappa shape index (κ2) is 5.99. The van der Waals surface area contributed by atoms with E-state index < -0.39 is 7.80 Å². The van der Waals surface area contributed by atoms with Crippen molar-refractivity contribution in [1.82, 2.24) is 0 Å². The fraction of sp³-hybridized carbons (Fsp3) is 0.800. The molecule has 0 aliphatic rings. The molecule has 0 aliphatic carbocycles. The normalized spacial score (nSPS) is 13.0. The van der Waals surface area contributed by atoms with Gasteiger partial charge in [0.25, 0.3) is 0 Å². The summed E-state index contributed by atoms with van der Waals surface area (Å²) in [5.74, 6) is 0. The highest BCUT2D eigenvalue weighted by molar-refractivity contribution is 7.44. The zero-order valence-electron chi connectivity index (χ0n) is 5.42. The Balaban J connectivity index is 3.16. The first-order valence-corrected chi connectivity index (χ1v) is 4.57. The molecule has 0 aliphatic heterocycles. The first kappa shape index (κ1) is 8.86. The summed E-state index contributed by atoms with van der Waals surface area (Å²) >= 11 is 0. The van der Waals surface area contributed by atoms with Gasteiger partial charge in [0, 0.05) is 19.7 Å². The van der Waals surface area contributed by atoms with Gasteiger partial charge >= 0.3 is 0 Å². The number of carbonyl (C=O) groups excluding carboxylic acids is 1. The maximum Gasteiger partial charge on any atom is 0.120 e. The summed E-state index contributed by atoms with van der Waals surface area (Å²) in [6.45, 7) is 0. The van der Waals surface area contributed by atoms with Gasteiger partial charge in [0.2, 0.25) is 0 Å². The lowest BCUT2D eigenvalue weighted by Crippen LogP contribution is -1.86. The fourth-order valence-electron chi connectivity index (χ4n) is 0.453. The monoisotopic (exact) mass is 150 g/mol. The van der Waals surface area contributed by atoms with Gasteiger partial charge < -0.3 is 14.1 Å². The van der Waals surface area contributed by atoms with Crippen molar-refractivity contribution in [2.45, 2.75) is 6.42 Å². The predicted molar refractivity (Wildman–Crippen MR) is 36.4 cm³/mol. The van der Waals surface area contributed by atoms with Crippen molar-refractivity contribution in [3.8, 4) is 0 Å². The molecular formula is C5H11O3P. The molecule has 54 valence electrons. The molecule has 1 atom stereocenters. The Morgan fingerprint density at radius 2 is 2.33 bits per heavy atom. The number of carbonyl (C=O) groups is 1. The maximum absolute atomic E-state index is 10.7. The molecule has 0 bridgehead atoms. The lowest BCUT2D eigenvalue weighted by Gasteiger charge is -1.94. The highest BCUT2D eigenvalue weighted by Gasteiger charge is 1.95. The van der Waals surface area contributed by atoms with E-state index in [1.807, 2.05) is 0 Å². The first-order valence-electron chi connectivity index (χ1n) is 2.75. The van der Waals surface area contributed by atoms with Gasteiger partial charge in [-0.3, -0.25) is 0 Å². The Hall–Kier alpha value is -0.140. The van der Waals surface area contributed by atoms with E-state index in [0.29, 0.717) is 18.9 Å². The standard InChI is InChI=1S/C5H11O3P/c1-8-5-9(7)4-2-3-6/h3,9H,2,4-5H2,1H3. The van der Waals surface area contributed by atoms with E-state index in [1.165, 1.54) is 7.11 Å². The van der Waals surface area contributed by atoms with Crippen LogP contribution in [-0.4, -0.2) is 25.9 Å². The predicted octanol–water partition coefficient (Wildman–Crippen LogP) is 0.739. The minimum atomic E-state index is -1.61. The molecule has 3 nitrogen and oxygen atoms in total. The van der Waals surface area contributed by atoms with Crippen LogP contribution in [-0.2, 0) is 14.1 Å². The smallest absolute Gasteiger partial charge is 0.120 e. The van der Waals surface area contributed by atoms with Gasteiger partial charge in [0.05, 0.1) is 6.35 Å². The SMILES string of the molecule is COC[PH](=O)CCC=O. The van der Waals surface area contributed by atoms with Crippen LogP contribution < -0.4 is 0 Å². The van der Waals surface area contributed by atoms with E-state index in [0.717, 1.165) is 6.29 Å². The number of hydrogen-bond acceptors (Lipinski definition) is 3. The summed E-state index contributed by atoms with van der Waals surface area (Å²) in [5.41, 5.74) is 0. The van der Waals surface area contributed by atoms with Crippen molar-refractivity contribution in [1.29, 1.82) is 0 Å². The molecule has 0 aromatic carbocycles. The number of methoxy groups -OCH3 is 1. The number of hydrogen-bond donors (Lipinski definition) is 0. The van der Waals surface area contributed by atoms with Gasteiger partial charge in [0.15, 0.2) is 0 Å². The average molecular weight is 150 g/mol. The van der Waals surface area contributed by atoms with E-state index >= 15 is 0 Å². The summed E-state index contributed by atoms with van der Waals surface area (Å²) in [6.07, 6.45) is 1.96. The van der Waals surface area contributed by atoms with Crippen LogP contribution in [0.15, 0.2) is 0 Å². The molecular weight excluding hydrogens is 139 g/mol. The van der Waals surface area contributed by atoms with Crippen molar-refractivity contribution in [2.75, 3.05) is 19.6 Å². The molecule has 0 spiro atoms. The van der Waals surface area contributed by atoms with Crippen molar-refractivity contribution < 1.29 is 14.1 Å². The minimum absolute atomic E-state index is 0.304. The Kier molecular flexibility index (Phi) is 5.89. The molecule has 0 aromatic heterocycles. The zero-order chi connectivity index (χ0) is 7.11. The second-order valence-corrected chi connectivity index (χ2v) is 3.54. The molecule has 0 amide bonds. The molecule has 0 radical (unpaired) electrons. The van der Waals surface area contributed by atoms with Gasteiger partial charge in [-0.2, -0.15) is 0 Å². The summed E-state index contributed by atoms with van der Waals surface area (Å²) in [7, 11) is -0.103. The van der Waals surface area contributed by atoms with Crippen LogP contribution >= 0.6 is 7.80 Å². The Morgan fingerprint density at radius 1 is 1.67 bits per heavy atom. The third-order valence-corrected chi connectivity index (χ3v) is 2.30. The van der Waals surface area contributed by atoms with Crippen LogP contribution in [0.2, 0.25) is 0 Å². The lowest BCUT2D eigenvalue weighted by atomic mass is 10.6. The fourth-order valence-corrected chi connectivity index (χ4v) is 1.36. The molecule has 0 N–H and O–H groups in total. The molecule has 0 saturated heterocycles. The van der Waals surface area contributed by atoms with E-state index in [1.54, 1.807) is 0 Å². The molecule has 0 aromatic rings. The van der Waals surface area contributed by atoms with E-state index in [-0.39, 0.29) is 0 Å². The van der Waals surface area contributed by atoms with Gasteiger partial charge in [-0.05, 0) is 0 Å². The molecule has 0 heterocycles. The Labute approximate surface area is 55.2 Å². The molecule has 0 fully saturated rings. The topological polar surface area (TPSA) is 43.4 Å². The highest BCUT2D eigenvalue weighted by atomic mass is 31.1.